The van der Waals surface area contributed by atoms with Crippen LogP contribution in [-0.4, -0.2) is 47.2 Å². The van der Waals surface area contributed by atoms with Crippen molar-refractivity contribution in [3.63, 3.8) is 0 Å². The summed E-state index contributed by atoms with van der Waals surface area (Å²) in [6, 6.07) is 6.97. The summed E-state index contributed by atoms with van der Waals surface area (Å²) in [4.78, 5) is 23.9. The lowest BCUT2D eigenvalue weighted by atomic mass is 10.1. The van der Waals surface area contributed by atoms with Gasteiger partial charge in [0.05, 0.1) is 11.3 Å². The van der Waals surface area contributed by atoms with E-state index in [2.05, 4.69) is 26.7 Å². The average molecular weight is 356 g/mol. The Hall–Kier alpha value is -3.03. The highest BCUT2D eigenvalue weighted by atomic mass is 16.4. The van der Waals surface area contributed by atoms with E-state index in [1.54, 1.807) is 12.1 Å². The maximum atomic E-state index is 11.0. The molecule has 1 aromatic carbocycles. The largest absolute Gasteiger partial charge is 0.478 e. The topological polar surface area (TPSA) is 122 Å². The van der Waals surface area contributed by atoms with Gasteiger partial charge in [-0.1, -0.05) is 13.3 Å². The van der Waals surface area contributed by atoms with Crippen molar-refractivity contribution < 1.29 is 9.90 Å². The van der Waals surface area contributed by atoms with Gasteiger partial charge in [0.25, 0.3) is 0 Å². The molecular formula is C18H24N6O2. The van der Waals surface area contributed by atoms with Crippen molar-refractivity contribution in [1.29, 1.82) is 0 Å². The van der Waals surface area contributed by atoms with E-state index < -0.39 is 5.97 Å². The number of nitrogen functional groups attached to an aromatic ring is 2. The van der Waals surface area contributed by atoms with Crippen LogP contribution in [0.25, 0.3) is 0 Å². The summed E-state index contributed by atoms with van der Waals surface area (Å²) in [5.41, 5.74) is 15.0. The Morgan fingerprint density at radius 3 is 2.27 bits per heavy atom. The molecule has 0 atom stereocenters. The Morgan fingerprint density at radius 2 is 1.69 bits per heavy atom. The first kappa shape index (κ1) is 17.8. The third kappa shape index (κ3) is 3.63. The maximum Gasteiger partial charge on any atom is 0.335 e. The maximum absolute atomic E-state index is 11.0. The Morgan fingerprint density at radius 1 is 1.08 bits per heavy atom. The molecule has 8 nitrogen and oxygen atoms in total. The molecule has 5 N–H and O–H groups in total. The number of aryl methyl sites for hydroxylation is 1. The van der Waals surface area contributed by atoms with Crippen LogP contribution in [0.4, 0.5) is 23.1 Å². The molecule has 1 aliphatic heterocycles. The third-order valence-corrected chi connectivity index (χ3v) is 4.56. The number of carbonyl (C=O) groups is 1. The van der Waals surface area contributed by atoms with Gasteiger partial charge in [-0.15, -0.1) is 0 Å². The normalized spacial score (nSPS) is 14.5. The number of aromatic nitrogens is 2. The van der Waals surface area contributed by atoms with Gasteiger partial charge >= 0.3 is 5.97 Å². The van der Waals surface area contributed by atoms with Gasteiger partial charge in [-0.05, 0) is 30.7 Å². The second-order valence-corrected chi connectivity index (χ2v) is 6.34. The van der Waals surface area contributed by atoms with Crippen molar-refractivity contribution in [2.75, 3.05) is 47.4 Å². The monoisotopic (exact) mass is 356 g/mol. The Labute approximate surface area is 152 Å². The molecule has 1 fully saturated rings. The molecule has 0 radical (unpaired) electrons. The molecule has 0 amide bonds. The number of nitrogens with zero attached hydrogens (tertiary/aromatic N) is 4. The van der Waals surface area contributed by atoms with Gasteiger partial charge in [0.1, 0.15) is 5.69 Å². The minimum atomic E-state index is -0.913. The number of aromatic carboxylic acids is 1. The predicted octanol–water partition coefficient (Wildman–Crippen LogP) is 1.62. The minimum Gasteiger partial charge on any atom is -0.478 e. The van der Waals surface area contributed by atoms with Crippen molar-refractivity contribution in [3.8, 4) is 0 Å². The van der Waals surface area contributed by atoms with E-state index in [-0.39, 0.29) is 5.95 Å². The fraction of sp³-hybridized carbons (Fsp3) is 0.389. The van der Waals surface area contributed by atoms with Crippen LogP contribution in [-0.2, 0) is 6.42 Å². The zero-order valence-corrected chi connectivity index (χ0v) is 14.9. The molecule has 0 unspecified atom stereocenters. The van der Waals surface area contributed by atoms with E-state index in [9.17, 15) is 4.79 Å². The number of carboxylic acids is 1. The molecule has 138 valence electrons. The predicted molar refractivity (Wildman–Crippen MR) is 103 cm³/mol. The van der Waals surface area contributed by atoms with Crippen molar-refractivity contribution in [2.45, 2.75) is 19.8 Å². The van der Waals surface area contributed by atoms with Crippen molar-refractivity contribution in [3.05, 3.63) is 35.5 Å². The number of nitrogens with two attached hydrogens (primary N) is 2. The van der Waals surface area contributed by atoms with Gasteiger partial charge in [0.2, 0.25) is 5.95 Å². The fourth-order valence-electron chi connectivity index (χ4n) is 3.30. The summed E-state index contributed by atoms with van der Waals surface area (Å²) >= 11 is 0. The fourth-order valence-corrected chi connectivity index (χ4v) is 3.30. The lowest BCUT2D eigenvalue weighted by molar-refractivity contribution is 0.0697. The lowest BCUT2D eigenvalue weighted by Gasteiger charge is -2.38. The molecule has 0 bridgehead atoms. The van der Waals surface area contributed by atoms with Crippen LogP contribution in [0.15, 0.2) is 24.3 Å². The number of piperazine rings is 1. The quantitative estimate of drug-likeness (QED) is 0.739. The van der Waals surface area contributed by atoms with Crippen LogP contribution >= 0.6 is 0 Å². The summed E-state index contributed by atoms with van der Waals surface area (Å²) in [6.45, 7) is 5.28. The third-order valence-electron chi connectivity index (χ3n) is 4.56. The zero-order valence-electron chi connectivity index (χ0n) is 14.9. The molecule has 0 saturated carbocycles. The van der Waals surface area contributed by atoms with Crippen LogP contribution in [0.2, 0.25) is 0 Å². The molecule has 3 rings (SSSR count). The zero-order chi connectivity index (χ0) is 18.7. The molecule has 2 aromatic rings. The number of hydrogen-bond donors (Lipinski definition) is 3. The number of anilines is 4. The first-order valence-corrected chi connectivity index (χ1v) is 8.74. The minimum absolute atomic E-state index is 0.215. The van der Waals surface area contributed by atoms with Gasteiger partial charge < -0.3 is 26.4 Å². The molecule has 2 heterocycles. The lowest BCUT2D eigenvalue weighted by Crippen LogP contribution is -2.47. The van der Waals surface area contributed by atoms with Gasteiger partial charge in [-0.25, -0.2) is 9.78 Å². The Balaban J connectivity index is 1.73. The Bertz CT molecular complexity index is 785. The summed E-state index contributed by atoms with van der Waals surface area (Å²) in [5, 5.41) is 9.01. The van der Waals surface area contributed by atoms with E-state index in [4.69, 9.17) is 16.6 Å². The second-order valence-electron chi connectivity index (χ2n) is 6.34. The second kappa shape index (κ2) is 7.47. The Kier molecular flexibility index (Phi) is 5.11. The van der Waals surface area contributed by atoms with Crippen LogP contribution < -0.4 is 21.3 Å². The number of rotatable bonds is 5. The molecular weight excluding hydrogens is 332 g/mol. The summed E-state index contributed by atoms with van der Waals surface area (Å²) < 4.78 is 0. The van der Waals surface area contributed by atoms with Gasteiger partial charge in [0.15, 0.2) is 5.82 Å². The van der Waals surface area contributed by atoms with E-state index in [1.807, 2.05) is 12.1 Å². The van der Waals surface area contributed by atoms with Crippen LogP contribution in [0.5, 0.6) is 0 Å². The summed E-state index contributed by atoms with van der Waals surface area (Å²) in [5.74, 6) is -0.268. The average Bonchev–Trinajstić information content (AvgIpc) is 2.62. The van der Waals surface area contributed by atoms with Crippen LogP contribution in [0.1, 0.15) is 29.4 Å². The first-order valence-electron chi connectivity index (χ1n) is 8.74. The SMILES string of the molecule is CCCc1nc(N)nc(N)c1N1CCN(c2ccc(C(=O)O)cc2)CC1. The van der Waals surface area contributed by atoms with Crippen LogP contribution in [0.3, 0.4) is 0 Å². The van der Waals surface area contributed by atoms with Gasteiger partial charge in [0, 0.05) is 31.9 Å². The van der Waals surface area contributed by atoms with E-state index in [0.717, 1.165) is 56.1 Å². The van der Waals surface area contributed by atoms with Crippen molar-refractivity contribution in [1.82, 2.24) is 9.97 Å². The molecule has 26 heavy (non-hydrogen) atoms. The summed E-state index contributed by atoms with van der Waals surface area (Å²) in [6.07, 6.45) is 1.77. The molecule has 1 saturated heterocycles. The van der Waals surface area contributed by atoms with Crippen molar-refractivity contribution >= 4 is 29.1 Å². The molecule has 0 spiro atoms. The van der Waals surface area contributed by atoms with E-state index in [0.29, 0.717) is 11.4 Å². The molecule has 8 heteroatoms. The smallest absolute Gasteiger partial charge is 0.335 e. The van der Waals surface area contributed by atoms with Crippen molar-refractivity contribution in [2.24, 2.45) is 0 Å². The number of hydrogen-bond acceptors (Lipinski definition) is 7. The highest BCUT2D eigenvalue weighted by Gasteiger charge is 2.23. The molecule has 0 aliphatic carbocycles. The van der Waals surface area contributed by atoms with Crippen LogP contribution in [0, 0.1) is 0 Å². The van der Waals surface area contributed by atoms with Gasteiger partial charge in [-0.2, -0.15) is 4.98 Å². The molecule has 1 aliphatic rings. The first-order chi connectivity index (χ1) is 12.5. The number of benzene rings is 1. The highest BCUT2D eigenvalue weighted by molar-refractivity contribution is 5.88. The molecule has 1 aromatic heterocycles. The van der Waals surface area contributed by atoms with Gasteiger partial charge in [-0.3, -0.25) is 0 Å². The number of carboxylic acid groups (broad SMARTS) is 1. The summed E-state index contributed by atoms with van der Waals surface area (Å²) in [7, 11) is 0. The standard InChI is InChI=1S/C18H24N6O2/c1-2-3-14-15(16(19)22-18(20)21-14)24-10-8-23(9-11-24)13-6-4-12(5-7-13)17(25)26/h4-7H,2-3,8-11H2,1H3,(H,25,26)(H4,19,20,21,22). The van der Waals surface area contributed by atoms with E-state index in [1.165, 1.54) is 0 Å². The van der Waals surface area contributed by atoms with E-state index >= 15 is 0 Å². The highest BCUT2D eigenvalue weighted by Crippen LogP contribution is 2.29.